The molecule has 0 radical (unpaired) electrons. The Balaban J connectivity index is 2.38. The Labute approximate surface area is 61.3 Å². The Morgan fingerprint density at radius 1 is 1.60 bits per heavy atom. The second-order valence-corrected chi connectivity index (χ2v) is 2.62. The minimum Gasteiger partial charge on any atom is -0.366 e. The van der Waals surface area contributed by atoms with Gasteiger partial charge >= 0.3 is 0 Å². The lowest BCUT2D eigenvalue weighted by molar-refractivity contribution is 0.0921. The third-order valence-electron chi connectivity index (χ3n) is 1.65. The van der Waals surface area contributed by atoms with Crippen LogP contribution in [0, 0.1) is 0 Å². The van der Waals surface area contributed by atoms with Crippen LogP contribution in [0.25, 0.3) is 0 Å². The van der Waals surface area contributed by atoms with Crippen molar-refractivity contribution in [1.29, 1.82) is 0 Å². The summed E-state index contributed by atoms with van der Waals surface area (Å²) < 4.78 is 0. The zero-order chi connectivity index (χ0) is 7.45. The smallest absolute Gasteiger partial charge is 0.175 e. The van der Waals surface area contributed by atoms with E-state index in [0.717, 1.165) is 19.3 Å². The monoisotopic (exact) mass is 139 g/mol. The van der Waals surface area contributed by atoms with E-state index in [1.807, 2.05) is 0 Å². The van der Waals surface area contributed by atoms with Gasteiger partial charge in [0.1, 0.15) is 0 Å². The van der Waals surface area contributed by atoms with Gasteiger partial charge in [0.2, 0.25) is 0 Å². The first-order chi connectivity index (χ1) is 4.77. The second-order valence-electron chi connectivity index (χ2n) is 2.62. The fourth-order valence-electron chi connectivity index (χ4n) is 0.997. The van der Waals surface area contributed by atoms with Crippen LogP contribution >= 0.6 is 0 Å². The standard InChI is InChI=1S/C8H13NO/c1-2-3-5-8(10)6-4-7-9-8/h4,6-7,10H,2-3,5H2,1H3. The highest BCUT2D eigenvalue weighted by Crippen LogP contribution is 2.19. The molecular weight excluding hydrogens is 126 g/mol. The van der Waals surface area contributed by atoms with E-state index in [9.17, 15) is 5.11 Å². The van der Waals surface area contributed by atoms with Gasteiger partial charge in [0, 0.05) is 12.6 Å². The molecule has 1 unspecified atom stereocenters. The number of allylic oxidation sites excluding steroid dienone is 1. The van der Waals surface area contributed by atoms with Gasteiger partial charge in [0.15, 0.2) is 5.72 Å². The minimum absolute atomic E-state index is 0.747. The van der Waals surface area contributed by atoms with Gasteiger partial charge in [-0.05, 0) is 18.6 Å². The van der Waals surface area contributed by atoms with Crippen LogP contribution in [-0.4, -0.2) is 17.0 Å². The predicted molar refractivity (Wildman–Crippen MR) is 42.1 cm³/mol. The summed E-state index contributed by atoms with van der Waals surface area (Å²) in [5, 5.41) is 9.54. The molecule has 0 aromatic heterocycles. The molecule has 0 saturated heterocycles. The molecule has 1 aliphatic rings. The van der Waals surface area contributed by atoms with E-state index in [-0.39, 0.29) is 0 Å². The van der Waals surface area contributed by atoms with Crippen LogP contribution in [-0.2, 0) is 0 Å². The SMILES string of the molecule is CCCCC1(O)C=CC=N1. The van der Waals surface area contributed by atoms with E-state index in [1.54, 1.807) is 18.4 Å². The van der Waals surface area contributed by atoms with Crippen molar-refractivity contribution in [2.24, 2.45) is 4.99 Å². The van der Waals surface area contributed by atoms with Gasteiger partial charge < -0.3 is 5.11 Å². The van der Waals surface area contributed by atoms with Crippen molar-refractivity contribution in [2.75, 3.05) is 0 Å². The molecule has 1 aliphatic heterocycles. The van der Waals surface area contributed by atoms with Crippen LogP contribution in [0.4, 0.5) is 0 Å². The van der Waals surface area contributed by atoms with Gasteiger partial charge in [-0.15, -0.1) is 0 Å². The number of hydrogen-bond donors (Lipinski definition) is 1. The van der Waals surface area contributed by atoms with Crippen molar-refractivity contribution in [3.05, 3.63) is 12.2 Å². The number of hydrogen-bond acceptors (Lipinski definition) is 2. The van der Waals surface area contributed by atoms with Crippen LogP contribution < -0.4 is 0 Å². The molecule has 2 heteroatoms. The van der Waals surface area contributed by atoms with Crippen LogP contribution in [0.2, 0.25) is 0 Å². The quantitative estimate of drug-likeness (QED) is 0.631. The Morgan fingerprint density at radius 3 is 2.90 bits per heavy atom. The second kappa shape index (κ2) is 2.97. The lowest BCUT2D eigenvalue weighted by Gasteiger charge is -2.15. The molecule has 1 N–H and O–H groups in total. The van der Waals surface area contributed by atoms with Crippen molar-refractivity contribution in [1.82, 2.24) is 0 Å². The molecule has 2 nitrogen and oxygen atoms in total. The topological polar surface area (TPSA) is 32.6 Å². The molecule has 56 valence electrons. The average Bonchev–Trinajstić information content (AvgIpc) is 2.33. The molecule has 0 saturated carbocycles. The molecule has 0 fully saturated rings. The molecule has 0 bridgehead atoms. The van der Waals surface area contributed by atoms with Crippen LogP contribution in [0.5, 0.6) is 0 Å². The summed E-state index contributed by atoms with van der Waals surface area (Å²) in [4.78, 5) is 3.92. The minimum atomic E-state index is -0.865. The number of aliphatic hydroxyl groups is 1. The molecular formula is C8H13NO. The lowest BCUT2D eigenvalue weighted by Crippen LogP contribution is -2.19. The van der Waals surface area contributed by atoms with Crippen molar-refractivity contribution < 1.29 is 5.11 Å². The Morgan fingerprint density at radius 2 is 2.40 bits per heavy atom. The first kappa shape index (κ1) is 7.48. The molecule has 0 aliphatic carbocycles. The maximum absolute atomic E-state index is 9.54. The summed E-state index contributed by atoms with van der Waals surface area (Å²) in [7, 11) is 0. The van der Waals surface area contributed by atoms with Gasteiger partial charge in [-0.3, -0.25) is 4.99 Å². The highest BCUT2D eigenvalue weighted by Gasteiger charge is 2.21. The molecule has 0 aromatic rings. The summed E-state index contributed by atoms with van der Waals surface area (Å²) in [6, 6.07) is 0. The number of aliphatic imine (C=N–C) groups is 1. The largest absolute Gasteiger partial charge is 0.366 e. The third kappa shape index (κ3) is 1.67. The fourth-order valence-corrected chi connectivity index (χ4v) is 0.997. The zero-order valence-corrected chi connectivity index (χ0v) is 6.25. The summed E-state index contributed by atoms with van der Waals surface area (Å²) >= 11 is 0. The first-order valence-electron chi connectivity index (χ1n) is 3.72. The number of nitrogens with zero attached hydrogens (tertiary/aromatic N) is 1. The highest BCUT2D eigenvalue weighted by atomic mass is 16.3. The van der Waals surface area contributed by atoms with E-state index in [0.29, 0.717) is 0 Å². The van der Waals surface area contributed by atoms with Crippen molar-refractivity contribution in [3.8, 4) is 0 Å². The van der Waals surface area contributed by atoms with E-state index < -0.39 is 5.72 Å². The van der Waals surface area contributed by atoms with E-state index in [4.69, 9.17) is 0 Å². The molecule has 10 heavy (non-hydrogen) atoms. The number of unbranched alkanes of at least 4 members (excludes halogenated alkanes) is 1. The van der Waals surface area contributed by atoms with E-state index in [2.05, 4.69) is 11.9 Å². The lowest BCUT2D eigenvalue weighted by atomic mass is 10.1. The molecule has 0 amide bonds. The Hall–Kier alpha value is -0.630. The third-order valence-corrected chi connectivity index (χ3v) is 1.65. The predicted octanol–water partition coefficient (Wildman–Crippen LogP) is 1.51. The summed E-state index contributed by atoms with van der Waals surface area (Å²) in [5.74, 6) is 0. The first-order valence-corrected chi connectivity index (χ1v) is 3.72. The highest BCUT2D eigenvalue weighted by molar-refractivity contribution is 5.74. The Bertz CT molecular complexity index is 149. The van der Waals surface area contributed by atoms with Gasteiger partial charge in [-0.1, -0.05) is 13.3 Å². The van der Waals surface area contributed by atoms with Gasteiger partial charge in [0.25, 0.3) is 0 Å². The molecule has 0 spiro atoms. The van der Waals surface area contributed by atoms with E-state index in [1.165, 1.54) is 0 Å². The maximum Gasteiger partial charge on any atom is 0.175 e. The fraction of sp³-hybridized carbons (Fsp3) is 0.625. The molecule has 1 heterocycles. The molecule has 1 rings (SSSR count). The van der Waals surface area contributed by atoms with Crippen molar-refractivity contribution in [2.45, 2.75) is 31.9 Å². The van der Waals surface area contributed by atoms with Crippen molar-refractivity contribution >= 4 is 6.21 Å². The van der Waals surface area contributed by atoms with Crippen LogP contribution in [0.3, 0.4) is 0 Å². The normalized spacial score (nSPS) is 29.8. The summed E-state index contributed by atoms with van der Waals surface area (Å²) in [6.07, 6.45) is 8.05. The van der Waals surface area contributed by atoms with Crippen molar-refractivity contribution in [3.63, 3.8) is 0 Å². The van der Waals surface area contributed by atoms with Crippen LogP contribution in [0.1, 0.15) is 26.2 Å². The summed E-state index contributed by atoms with van der Waals surface area (Å²) in [6.45, 7) is 2.10. The Kier molecular flexibility index (Phi) is 2.22. The molecule has 0 aromatic carbocycles. The average molecular weight is 139 g/mol. The zero-order valence-electron chi connectivity index (χ0n) is 6.25. The maximum atomic E-state index is 9.54. The van der Waals surface area contributed by atoms with Gasteiger partial charge in [0.05, 0.1) is 0 Å². The van der Waals surface area contributed by atoms with Crippen LogP contribution in [0.15, 0.2) is 17.1 Å². The summed E-state index contributed by atoms with van der Waals surface area (Å²) in [5.41, 5.74) is -0.865. The molecule has 1 atom stereocenters. The van der Waals surface area contributed by atoms with Gasteiger partial charge in [-0.2, -0.15) is 0 Å². The number of rotatable bonds is 3. The van der Waals surface area contributed by atoms with Gasteiger partial charge in [-0.25, -0.2) is 0 Å². The van der Waals surface area contributed by atoms with E-state index >= 15 is 0 Å².